The number of methoxy groups -OCH3 is 1. The first-order valence-electron chi connectivity index (χ1n) is 10.3. The summed E-state index contributed by atoms with van der Waals surface area (Å²) in [6, 6.07) is 9.13. The van der Waals surface area contributed by atoms with Gasteiger partial charge in [0.05, 0.1) is 30.2 Å². The molecule has 1 aliphatic heterocycles. The Morgan fingerprint density at radius 2 is 2.03 bits per heavy atom. The van der Waals surface area contributed by atoms with Gasteiger partial charge in [-0.1, -0.05) is 12.1 Å². The van der Waals surface area contributed by atoms with E-state index >= 15 is 0 Å². The zero-order chi connectivity index (χ0) is 23.8. The standard InChI is InChI=1S/C22H22F3N5O3/c1-21(32-2,22(23,24)25)14-3-5-15(6-4-14)28-19-18-16(7-9-27-20(18)31)30(29-19)17-12-33-10-8-13(17)11-26/h3-7,9,13,17H,8,10,12H2,1-2H3,(H,27,31)(H,28,29)/t13?,17?,21-/m0/s1. The number of aromatic amines is 1. The molecule has 3 atom stereocenters. The quantitative estimate of drug-likeness (QED) is 0.595. The fourth-order valence-corrected chi connectivity index (χ4v) is 3.96. The molecule has 1 fully saturated rings. The molecule has 0 amide bonds. The van der Waals surface area contributed by atoms with Gasteiger partial charge in [0.1, 0.15) is 5.39 Å². The second-order valence-electron chi connectivity index (χ2n) is 7.96. The van der Waals surface area contributed by atoms with E-state index in [9.17, 15) is 23.2 Å². The lowest BCUT2D eigenvalue weighted by molar-refractivity contribution is -0.269. The van der Waals surface area contributed by atoms with Gasteiger partial charge in [0.15, 0.2) is 11.4 Å². The maximum Gasteiger partial charge on any atom is 0.421 e. The number of pyridine rings is 1. The van der Waals surface area contributed by atoms with Crippen LogP contribution in [0, 0.1) is 17.2 Å². The van der Waals surface area contributed by atoms with Crippen molar-refractivity contribution < 1.29 is 22.6 Å². The van der Waals surface area contributed by atoms with E-state index < -0.39 is 11.8 Å². The van der Waals surface area contributed by atoms with Gasteiger partial charge in [0, 0.05) is 25.6 Å². The molecule has 1 aliphatic rings. The monoisotopic (exact) mass is 461 g/mol. The number of halogens is 3. The number of alkyl halides is 3. The number of anilines is 2. The third kappa shape index (κ3) is 3.96. The lowest BCUT2D eigenvalue weighted by atomic mass is 9.95. The second-order valence-corrected chi connectivity index (χ2v) is 7.96. The van der Waals surface area contributed by atoms with Crippen LogP contribution < -0.4 is 10.9 Å². The summed E-state index contributed by atoms with van der Waals surface area (Å²) in [5.74, 6) is -0.102. The van der Waals surface area contributed by atoms with Crippen LogP contribution in [0.2, 0.25) is 0 Å². The van der Waals surface area contributed by atoms with Gasteiger partial charge in [-0.05, 0) is 37.1 Å². The molecule has 0 spiro atoms. The van der Waals surface area contributed by atoms with Gasteiger partial charge in [-0.2, -0.15) is 23.5 Å². The maximum atomic E-state index is 13.5. The minimum atomic E-state index is -4.60. The van der Waals surface area contributed by atoms with E-state index in [2.05, 4.69) is 21.5 Å². The number of H-pyrrole nitrogens is 1. The summed E-state index contributed by atoms with van der Waals surface area (Å²) in [6.07, 6.45) is -2.55. The number of aromatic nitrogens is 3. The lowest BCUT2D eigenvalue weighted by Crippen LogP contribution is -2.41. The van der Waals surface area contributed by atoms with Crippen molar-refractivity contribution in [3.63, 3.8) is 0 Å². The molecule has 174 valence electrons. The Morgan fingerprint density at radius 1 is 1.30 bits per heavy atom. The van der Waals surface area contributed by atoms with Gasteiger partial charge in [-0.3, -0.25) is 9.48 Å². The topological polar surface area (TPSA) is 105 Å². The van der Waals surface area contributed by atoms with Crippen LogP contribution in [-0.2, 0) is 15.1 Å². The Hall–Kier alpha value is -3.36. The van der Waals surface area contributed by atoms with Crippen molar-refractivity contribution in [3.05, 3.63) is 52.4 Å². The van der Waals surface area contributed by atoms with E-state index in [-0.39, 0.29) is 40.9 Å². The van der Waals surface area contributed by atoms with Crippen LogP contribution >= 0.6 is 0 Å². The molecule has 0 saturated carbocycles. The molecule has 3 aromatic rings. The number of benzene rings is 1. The van der Waals surface area contributed by atoms with Gasteiger partial charge in [-0.25, -0.2) is 0 Å². The predicted molar refractivity (Wildman–Crippen MR) is 114 cm³/mol. The highest BCUT2D eigenvalue weighted by Crippen LogP contribution is 2.41. The Labute approximate surface area is 186 Å². The Bertz CT molecular complexity index is 1250. The van der Waals surface area contributed by atoms with E-state index in [4.69, 9.17) is 9.47 Å². The first kappa shape index (κ1) is 22.8. The molecule has 2 N–H and O–H groups in total. The molecule has 0 aliphatic carbocycles. The van der Waals surface area contributed by atoms with Gasteiger partial charge in [-0.15, -0.1) is 0 Å². The average Bonchev–Trinajstić information content (AvgIpc) is 3.17. The summed E-state index contributed by atoms with van der Waals surface area (Å²) >= 11 is 0. The highest BCUT2D eigenvalue weighted by atomic mass is 19.4. The van der Waals surface area contributed by atoms with E-state index in [1.807, 2.05) is 0 Å². The first-order valence-corrected chi connectivity index (χ1v) is 10.3. The molecule has 1 saturated heterocycles. The molecule has 8 nitrogen and oxygen atoms in total. The molecule has 33 heavy (non-hydrogen) atoms. The van der Waals surface area contributed by atoms with Crippen molar-refractivity contribution in [2.75, 3.05) is 25.6 Å². The van der Waals surface area contributed by atoms with Gasteiger partial charge in [0.2, 0.25) is 0 Å². The van der Waals surface area contributed by atoms with E-state index in [0.717, 1.165) is 14.0 Å². The third-order valence-corrected chi connectivity index (χ3v) is 6.08. The minimum Gasteiger partial charge on any atom is -0.379 e. The number of rotatable bonds is 5. The highest BCUT2D eigenvalue weighted by molar-refractivity contribution is 5.91. The van der Waals surface area contributed by atoms with Crippen LogP contribution in [0.5, 0.6) is 0 Å². The fraction of sp³-hybridized carbons (Fsp3) is 0.409. The van der Waals surface area contributed by atoms with E-state index in [1.54, 1.807) is 10.7 Å². The summed E-state index contributed by atoms with van der Waals surface area (Å²) in [5.41, 5.74) is -1.94. The number of nitrogens with one attached hydrogen (secondary N) is 2. The molecular formula is C22H22F3N5O3. The number of nitrogens with zero attached hydrogens (tertiary/aromatic N) is 3. The lowest BCUT2D eigenvalue weighted by Gasteiger charge is -2.31. The van der Waals surface area contributed by atoms with Crippen LogP contribution in [0.25, 0.3) is 10.9 Å². The Balaban J connectivity index is 1.72. The third-order valence-electron chi connectivity index (χ3n) is 6.08. The van der Waals surface area contributed by atoms with Crippen molar-refractivity contribution in [3.8, 4) is 6.07 Å². The average molecular weight is 461 g/mol. The number of hydrogen-bond acceptors (Lipinski definition) is 6. The minimum absolute atomic E-state index is 0.0625. The van der Waals surface area contributed by atoms with Crippen LogP contribution in [-0.4, -0.2) is 41.3 Å². The highest BCUT2D eigenvalue weighted by Gasteiger charge is 2.53. The molecular weight excluding hydrogens is 439 g/mol. The number of fused-ring (bicyclic) bond motifs is 1. The van der Waals surface area contributed by atoms with Crippen molar-refractivity contribution in [2.24, 2.45) is 5.92 Å². The van der Waals surface area contributed by atoms with Crippen LogP contribution in [0.1, 0.15) is 24.9 Å². The summed E-state index contributed by atoms with van der Waals surface area (Å²) in [6.45, 7) is 1.72. The molecule has 2 unspecified atom stereocenters. The maximum absolute atomic E-state index is 13.5. The molecule has 4 rings (SSSR count). The van der Waals surface area contributed by atoms with Crippen molar-refractivity contribution in [2.45, 2.75) is 31.2 Å². The van der Waals surface area contributed by atoms with Crippen LogP contribution in [0.15, 0.2) is 41.3 Å². The summed E-state index contributed by atoms with van der Waals surface area (Å²) in [5, 5.41) is 17.4. The summed E-state index contributed by atoms with van der Waals surface area (Å²) in [4.78, 5) is 15.2. The van der Waals surface area contributed by atoms with Crippen molar-refractivity contribution in [1.82, 2.24) is 14.8 Å². The van der Waals surface area contributed by atoms with Gasteiger partial charge < -0.3 is 19.8 Å². The molecule has 2 aromatic heterocycles. The number of ether oxygens (including phenoxy) is 2. The van der Waals surface area contributed by atoms with Crippen LogP contribution in [0.4, 0.5) is 24.7 Å². The number of hydrogen-bond donors (Lipinski definition) is 2. The number of nitriles is 1. The molecule has 0 bridgehead atoms. The smallest absolute Gasteiger partial charge is 0.379 e. The summed E-state index contributed by atoms with van der Waals surface area (Å²) in [7, 11) is 1.01. The Morgan fingerprint density at radius 3 is 2.67 bits per heavy atom. The van der Waals surface area contributed by atoms with Crippen LogP contribution in [0.3, 0.4) is 0 Å². The molecule has 3 heterocycles. The van der Waals surface area contributed by atoms with Crippen molar-refractivity contribution >= 4 is 22.4 Å². The van der Waals surface area contributed by atoms with E-state index in [0.29, 0.717) is 24.2 Å². The van der Waals surface area contributed by atoms with E-state index in [1.165, 1.54) is 30.5 Å². The largest absolute Gasteiger partial charge is 0.421 e. The zero-order valence-electron chi connectivity index (χ0n) is 17.9. The molecule has 1 aromatic carbocycles. The molecule has 11 heteroatoms. The van der Waals surface area contributed by atoms with Gasteiger partial charge >= 0.3 is 6.18 Å². The van der Waals surface area contributed by atoms with Gasteiger partial charge in [0.25, 0.3) is 5.56 Å². The van der Waals surface area contributed by atoms with Crippen molar-refractivity contribution in [1.29, 1.82) is 5.26 Å². The SMILES string of the molecule is CO[C@@](C)(c1ccc(Nc2nn(C3COCCC3C#N)c3cc[nH]c(=O)c23)cc1)C(F)(F)F. The fourth-order valence-electron chi connectivity index (χ4n) is 3.96. The Kier molecular flexibility index (Phi) is 5.90. The normalized spacial score (nSPS) is 20.8. The zero-order valence-corrected chi connectivity index (χ0v) is 17.9. The first-order chi connectivity index (χ1) is 15.7. The second kappa shape index (κ2) is 8.53. The molecule has 0 radical (unpaired) electrons. The predicted octanol–water partition coefficient (Wildman–Crippen LogP) is 3.99. The summed E-state index contributed by atoms with van der Waals surface area (Å²) < 4.78 is 52.3.